The van der Waals surface area contributed by atoms with Crippen LogP contribution >= 0.6 is 35.3 Å². The van der Waals surface area contributed by atoms with Gasteiger partial charge in [-0.25, -0.2) is 0 Å². The second kappa shape index (κ2) is 13.0. The zero-order valence-corrected chi connectivity index (χ0v) is 10.5. The Balaban J connectivity index is 2.76. The third-order valence-electron chi connectivity index (χ3n) is 1.27. The number of nitrogens with two attached hydrogens (primary N) is 2. The first-order valence-corrected chi connectivity index (χ1v) is 8.01. The Morgan fingerprint density at radius 2 is 0.846 bits per heavy atom. The number of hydrogen-bond acceptors (Lipinski definition) is 5. The van der Waals surface area contributed by atoms with Gasteiger partial charge in [-0.05, 0) is 0 Å². The van der Waals surface area contributed by atoms with Gasteiger partial charge < -0.3 is 11.5 Å². The molecule has 0 unspecified atom stereocenters. The molecule has 0 rings (SSSR count). The van der Waals surface area contributed by atoms with Crippen LogP contribution < -0.4 is 11.5 Å². The molecule has 0 heterocycles. The van der Waals surface area contributed by atoms with Crippen molar-refractivity contribution >= 4 is 35.3 Å². The van der Waals surface area contributed by atoms with Gasteiger partial charge in [0.05, 0.1) is 0 Å². The molecule has 0 aliphatic rings. The predicted molar refractivity (Wildman–Crippen MR) is 70.1 cm³/mol. The minimum absolute atomic E-state index is 0.807. The highest BCUT2D eigenvalue weighted by atomic mass is 32.2. The maximum atomic E-state index is 5.38. The summed E-state index contributed by atoms with van der Waals surface area (Å²) >= 11 is 5.93. The Kier molecular flexibility index (Phi) is 13.9. The molecular formula is C8H20N2S3. The molecule has 13 heavy (non-hydrogen) atoms. The van der Waals surface area contributed by atoms with E-state index in [0.29, 0.717) is 0 Å². The van der Waals surface area contributed by atoms with E-state index in [1.165, 1.54) is 23.0 Å². The van der Waals surface area contributed by atoms with Gasteiger partial charge in [0, 0.05) is 47.6 Å². The number of thioether (sulfide) groups is 3. The summed E-state index contributed by atoms with van der Waals surface area (Å²) in [6, 6.07) is 0. The molecular weight excluding hydrogens is 220 g/mol. The topological polar surface area (TPSA) is 52.0 Å². The molecule has 0 aromatic heterocycles. The minimum Gasteiger partial charge on any atom is -0.330 e. The van der Waals surface area contributed by atoms with Crippen molar-refractivity contribution in [1.82, 2.24) is 0 Å². The molecule has 4 N–H and O–H groups in total. The predicted octanol–water partition coefficient (Wildman–Crippen LogP) is 1.10. The van der Waals surface area contributed by atoms with E-state index < -0.39 is 0 Å². The fourth-order valence-corrected chi connectivity index (χ4v) is 3.54. The lowest BCUT2D eigenvalue weighted by Crippen LogP contribution is -2.03. The average Bonchev–Trinajstić information content (AvgIpc) is 2.16. The van der Waals surface area contributed by atoms with Crippen LogP contribution in [0, 0.1) is 0 Å². The average molecular weight is 240 g/mol. The Bertz CT molecular complexity index is 83.5. The van der Waals surface area contributed by atoms with E-state index in [0.717, 1.165) is 24.6 Å². The maximum Gasteiger partial charge on any atom is 0.00561 e. The van der Waals surface area contributed by atoms with E-state index in [-0.39, 0.29) is 0 Å². The third-order valence-corrected chi connectivity index (χ3v) is 4.81. The lowest BCUT2D eigenvalue weighted by atomic mass is 10.8. The Morgan fingerprint density at radius 3 is 1.15 bits per heavy atom. The zero-order chi connectivity index (χ0) is 9.78. The van der Waals surface area contributed by atoms with Crippen LogP contribution in [0.15, 0.2) is 0 Å². The Labute approximate surface area is 94.3 Å². The monoisotopic (exact) mass is 240 g/mol. The number of hydrogen-bond donors (Lipinski definition) is 2. The Hall–Kier alpha value is 0.970. The molecule has 0 fully saturated rings. The van der Waals surface area contributed by atoms with Crippen molar-refractivity contribution < 1.29 is 0 Å². The van der Waals surface area contributed by atoms with Crippen LogP contribution in [0.2, 0.25) is 0 Å². The molecule has 2 nitrogen and oxygen atoms in total. The molecule has 80 valence electrons. The highest BCUT2D eigenvalue weighted by Gasteiger charge is 1.91. The molecule has 0 atom stereocenters. The van der Waals surface area contributed by atoms with Gasteiger partial charge in [-0.1, -0.05) is 0 Å². The smallest absolute Gasteiger partial charge is 0.00561 e. The van der Waals surface area contributed by atoms with Gasteiger partial charge in [0.2, 0.25) is 0 Å². The van der Waals surface area contributed by atoms with Crippen molar-refractivity contribution in [2.24, 2.45) is 11.5 Å². The van der Waals surface area contributed by atoms with Gasteiger partial charge in [0.25, 0.3) is 0 Å². The fraction of sp³-hybridized carbons (Fsp3) is 1.00. The summed E-state index contributed by atoms with van der Waals surface area (Å²) in [6.07, 6.45) is 0. The van der Waals surface area contributed by atoms with Crippen molar-refractivity contribution in [2.45, 2.75) is 0 Å². The lowest BCUT2D eigenvalue weighted by Gasteiger charge is -2.01. The van der Waals surface area contributed by atoms with Crippen LogP contribution in [0.1, 0.15) is 0 Å². The SMILES string of the molecule is NCCSCCSCCSCCN. The molecule has 0 radical (unpaired) electrons. The van der Waals surface area contributed by atoms with Crippen LogP contribution in [0.5, 0.6) is 0 Å². The lowest BCUT2D eigenvalue weighted by molar-refractivity contribution is 1.15. The molecule has 5 heteroatoms. The Morgan fingerprint density at radius 1 is 0.538 bits per heavy atom. The summed E-state index contributed by atoms with van der Waals surface area (Å²) in [6.45, 7) is 1.61. The summed E-state index contributed by atoms with van der Waals surface area (Å²) < 4.78 is 0. The minimum atomic E-state index is 0.807. The van der Waals surface area contributed by atoms with Crippen LogP contribution in [0.25, 0.3) is 0 Å². The maximum absolute atomic E-state index is 5.38. The molecule has 0 aliphatic carbocycles. The second-order valence-electron chi connectivity index (χ2n) is 2.41. The molecule has 0 saturated carbocycles. The van der Waals surface area contributed by atoms with E-state index in [1.54, 1.807) is 0 Å². The molecule has 0 amide bonds. The quantitative estimate of drug-likeness (QED) is 0.560. The van der Waals surface area contributed by atoms with Gasteiger partial charge in [-0.3, -0.25) is 0 Å². The largest absolute Gasteiger partial charge is 0.330 e. The standard InChI is InChI=1S/C8H20N2S3/c9-1-3-11-5-7-13-8-6-12-4-2-10/h1-10H2. The van der Waals surface area contributed by atoms with E-state index >= 15 is 0 Å². The van der Waals surface area contributed by atoms with E-state index in [1.807, 2.05) is 35.3 Å². The summed E-state index contributed by atoms with van der Waals surface area (Å²) in [5.41, 5.74) is 10.8. The molecule has 0 saturated heterocycles. The second-order valence-corrected chi connectivity index (χ2v) is 6.09. The van der Waals surface area contributed by atoms with Gasteiger partial charge in [0.1, 0.15) is 0 Å². The summed E-state index contributed by atoms with van der Waals surface area (Å²) in [5.74, 6) is 7.19. The highest BCUT2D eigenvalue weighted by molar-refractivity contribution is 8.04. The third kappa shape index (κ3) is 13.0. The first-order chi connectivity index (χ1) is 6.41. The van der Waals surface area contributed by atoms with Gasteiger partial charge in [-0.15, -0.1) is 0 Å². The van der Waals surface area contributed by atoms with Crippen molar-refractivity contribution in [3.05, 3.63) is 0 Å². The molecule has 0 aromatic rings. The normalized spacial score (nSPS) is 10.6. The van der Waals surface area contributed by atoms with Gasteiger partial charge in [0.15, 0.2) is 0 Å². The molecule has 0 spiro atoms. The van der Waals surface area contributed by atoms with Crippen molar-refractivity contribution in [3.63, 3.8) is 0 Å². The number of rotatable bonds is 10. The van der Waals surface area contributed by atoms with Gasteiger partial charge in [-0.2, -0.15) is 35.3 Å². The zero-order valence-electron chi connectivity index (χ0n) is 8.04. The van der Waals surface area contributed by atoms with E-state index in [2.05, 4.69) is 0 Å². The van der Waals surface area contributed by atoms with Crippen molar-refractivity contribution in [1.29, 1.82) is 0 Å². The van der Waals surface area contributed by atoms with Crippen molar-refractivity contribution in [3.8, 4) is 0 Å². The van der Waals surface area contributed by atoms with Gasteiger partial charge >= 0.3 is 0 Å². The highest BCUT2D eigenvalue weighted by Crippen LogP contribution is 2.09. The summed E-state index contributed by atoms with van der Waals surface area (Å²) in [7, 11) is 0. The molecule has 0 bridgehead atoms. The first kappa shape index (κ1) is 14.0. The summed E-state index contributed by atoms with van der Waals surface area (Å²) in [5, 5.41) is 0. The van der Waals surface area contributed by atoms with Crippen LogP contribution in [-0.2, 0) is 0 Å². The van der Waals surface area contributed by atoms with E-state index in [4.69, 9.17) is 11.5 Å². The fourth-order valence-electron chi connectivity index (χ4n) is 0.709. The van der Waals surface area contributed by atoms with Crippen molar-refractivity contribution in [2.75, 3.05) is 47.6 Å². The molecule has 0 aromatic carbocycles. The molecule has 0 aliphatic heterocycles. The van der Waals surface area contributed by atoms with Crippen LogP contribution in [-0.4, -0.2) is 47.6 Å². The van der Waals surface area contributed by atoms with Crippen LogP contribution in [0.3, 0.4) is 0 Å². The first-order valence-electron chi connectivity index (χ1n) is 4.55. The van der Waals surface area contributed by atoms with Crippen LogP contribution in [0.4, 0.5) is 0 Å². The summed E-state index contributed by atoms with van der Waals surface area (Å²) in [4.78, 5) is 0. The van der Waals surface area contributed by atoms with E-state index in [9.17, 15) is 0 Å².